The number of hydrogen-bond acceptors (Lipinski definition) is 5. The molecular formula is BaO5S2. The summed E-state index contributed by atoms with van der Waals surface area (Å²) in [6, 6.07) is 0. The molecule has 8 heteroatoms. The second-order valence-electron chi connectivity index (χ2n) is 0.612. The van der Waals surface area contributed by atoms with Crippen molar-refractivity contribution in [3.8, 4) is 0 Å². The molecule has 0 aliphatic carbocycles. The molecule has 1 atom stereocenters. The van der Waals surface area contributed by atoms with Gasteiger partial charge in [-0.3, -0.25) is 4.21 Å². The van der Waals surface area contributed by atoms with Gasteiger partial charge >= 0.3 is 48.9 Å². The van der Waals surface area contributed by atoms with E-state index in [4.69, 9.17) is 21.7 Å². The van der Waals surface area contributed by atoms with Crippen LogP contribution in [-0.2, 0) is 19.3 Å². The molecular weight excluding hydrogens is 281 g/mol. The summed E-state index contributed by atoms with van der Waals surface area (Å²) in [5.41, 5.74) is 0. The zero-order chi connectivity index (χ0) is 6.08. The van der Waals surface area contributed by atoms with Crippen molar-refractivity contribution in [1.29, 1.82) is 0 Å². The summed E-state index contributed by atoms with van der Waals surface area (Å²) in [4.78, 5) is 0. The molecule has 0 rings (SSSR count). The van der Waals surface area contributed by atoms with Crippen LogP contribution in [0.25, 0.3) is 0 Å². The molecule has 0 N–H and O–H groups in total. The maximum atomic E-state index is 9.16. The van der Waals surface area contributed by atoms with Crippen molar-refractivity contribution in [1.82, 2.24) is 0 Å². The smallest absolute Gasteiger partial charge is 0.761 e. The van der Waals surface area contributed by atoms with Crippen molar-refractivity contribution in [2.75, 3.05) is 0 Å². The fourth-order valence-corrected chi connectivity index (χ4v) is 0. The molecule has 0 amide bonds. The second kappa shape index (κ2) is 4.41. The minimum Gasteiger partial charge on any atom is -0.761 e. The molecule has 8 heavy (non-hydrogen) atoms. The Morgan fingerprint density at radius 3 is 1.50 bits per heavy atom. The van der Waals surface area contributed by atoms with Crippen molar-refractivity contribution in [3.05, 3.63) is 0 Å². The third kappa shape index (κ3) is 5.72. The van der Waals surface area contributed by atoms with Gasteiger partial charge in [-0.1, -0.05) is 0 Å². The average Bonchev–Trinajstić information content (AvgIpc) is 1.31. The third-order valence-corrected chi connectivity index (χ3v) is 1.50. The maximum Gasteiger partial charge on any atom is 2.00 e. The van der Waals surface area contributed by atoms with Crippen LogP contribution in [0.5, 0.6) is 0 Å². The van der Waals surface area contributed by atoms with Gasteiger partial charge in [-0.05, 0) is 0 Å². The molecule has 0 fully saturated rings. The molecule has 0 aromatic carbocycles. The van der Waals surface area contributed by atoms with Crippen LogP contribution in [0.4, 0.5) is 0 Å². The standard InChI is InChI=1S/Ba.H2O5S2/c;1-6(2)7(3,4)5/h;(H,1,2)(H,3,4,5)/q+2;/p-2. The molecule has 44 valence electrons. The molecule has 0 heterocycles. The van der Waals surface area contributed by atoms with Gasteiger partial charge in [0.2, 0.25) is 0 Å². The molecule has 0 aliphatic heterocycles. The van der Waals surface area contributed by atoms with Gasteiger partial charge in [0.05, 0.1) is 10.1 Å². The number of rotatable bonds is 1. The quantitative estimate of drug-likeness (QED) is 0.238. The Labute approximate surface area is 88.4 Å². The number of hydrogen-bond donors (Lipinski definition) is 0. The summed E-state index contributed by atoms with van der Waals surface area (Å²) in [7, 11) is -8.59. The zero-order valence-electron chi connectivity index (χ0n) is 3.56. The summed E-state index contributed by atoms with van der Waals surface area (Å²) in [5.74, 6) is 0. The Morgan fingerprint density at radius 2 is 1.50 bits per heavy atom. The van der Waals surface area contributed by atoms with Crippen molar-refractivity contribution >= 4 is 68.1 Å². The molecule has 0 aromatic rings. The van der Waals surface area contributed by atoms with Crippen LogP contribution in [0.1, 0.15) is 0 Å². The predicted molar refractivity (Wildman–Crippen MR) is 24.4 cm³/mol. The predicted octanol–water partition coefficient (Wildman–Crippen LogP) is -2.06. The van der Waals surface area contributed by atoms with Crippen molar-refractivity contribution in [2.24, 2.45) is 0 Å². The molecule has 0 aliphatic rings. The first-order chi connectivity index (χ1) is 2.94. The first-order valence-corrected chi connectivity index (χ1v) is 4.00. The van der Waals surface area contributed by atoms with E-state index in [0.29, 0.717) is 0 Å². The van der Waals surface area contributed by atoms with E-state index in [2.05, 4.69) is 0 Å². The van der Waals surface area contributed by atoms with E-state index in [1.54, 1.807) is 0 Å². The summed E-state index contributed by atoms with van der Waals surface area (Å²) in [6.07, 6.45) is 0. The van der Waals surface area contributed by atoms with Gasteiger partial charge in [0.1, 0.15) is 0 Å². The largest absolute Gasteiger partial charge is 2.00 e. The first kappa shape index (κ1) is 12.3. The molecule has 0 radical (unpaired) electrons. The monoisotopic (exact) mass is 282 g/mol. The summed E-state index contributed by atoms with van der Waals surface area (Å²) in [5, 5.41) is 0. The van der Waals surface area contributed by atoms with E-state index in [1.165, 1.54) is 0 Å². The molecule has 0 saturated heterocycles. The summed E-state index contributed by atoms with van der Waals surface area (Å²) < 4.78 is 45.7. The normalized spacial score (nSPS) is 14.2. The van der Waals surface area contributed by atoms with Crippen molar-refractivity contribution < 1.29 is 21.7 Å². The second-order valence-corrected chi connectivity index (χ2v) is 3.88. The van der Waals surface area contributed by atoms with Crippen LogP contribution < -0.4 is 0 Å². The van der Waals surface area contributed by atoms with E-state index in [1.807, 2.05) is 0 Å². The van der Waals surface area contributed by atoms with E-state index < -0.39 is 19.3 Å². The van der Waals surface area contributed by atoms with Crippen LogP contribution in [0.2, 0.25) is 0 Å². The Morgan fingerprint density at radius 1 is 1.38 bits per heavy atom. The minimum absolute atomic E-state index is 0. The van der Waals surface area contributed by atoms with Crippen molar-refractivity contribution in [2.45, 2.75) is 0 Å². The van der Waals surface area contributed by atoms with Gasteiger partial charge in [0.25, 0.3) is 0 Å². The van der Waals surface area contributed by atoms with Crippen LogP contribution in [0.3, 0.4) is 0 Å². The average molecular weight is 281 g/mol. The van der Waals surface area contributed by atoms with Crippen LogP contribution in [0.15, 0.2) is 0 Å². The van der Waals surface area contributed by atoms with E-state index in [0.717, 1.165) is 0 Å². The molecule has 0 spiro atoms. The van der Waals surface area contributed by atoms with Gasteiger partial charge < -0.3 is 9.11 Å². The SMILES string of the molecule is O=S([O-])S(=O)(=O)[O-].[Ba+2]. The van der Waals surface area contributed by atoms with Crippen LogP contribution in [0, 0.1) is 0 Å². The summed E-state index contributed by atoms with van der Waals surface area (Å²) in [6.45, 7) is 0. The molecule has 1 unspecified atom stereocenters. The van der Waals surface area contributed by atoms with Gasteiger partial charge in [-0.15, -0.1) is 0 Å². The topological polar surface area (TPSA) is 97.3 Å². The molecule has 0 saturated carbocycles. The van der Waals surface area contributed by atoms with Gasteiger partial charge in [0.15, 0.2) is 9.15 Å². The zero-order valence-corrected chi connectivity index (χ0v) is 9.64. The summed E-state index contributed by atoms with van der Waals surface area (Å²) >= 11 is 0. The fraction of sp³-hybridized carbons (Fsp3) is 0. The van der Waals surface area contributed by atoms with Gasteiger partial charge in [0, 0.05) is 0 Å². The molecule has 5 nitrogen and oxygen atoms in total. The van der Waals surface area contributed by atoms with Crippen LogP contribution >= 0.6 is 0 Å². The van der Waals surface area contributed by atoms with Crippen molar-refractivity contribution in [3.63, 3.8) is 0 Å². The third-order valence-electron chi connectivity index (χ3n) is 0.167. The molecule has 0 aromatic heterocycles. The Kier molecular flexibility index (Phi) is 6.78. The van der Waals surface area contributed by atoms with E-state index in [-0.39, 0.29) is 48.9 Å². The Hall–Kier alpha value is 1.59. The fourth-order valence-electron chi connectivity index (χ4n) is 0. The molecule has 0 bridgehead atoms. The Balaban J connectivity index is 0. The Bertz CT molecular complexity index is 165. The first-order valence-electron chi connectivity index (χ1n) is 1.00. The van der Waals surface area contributed by atoms with E-state index in [9.17, 15) is 0 Å². The maximum absolute atomic E-state index is 9.16. The minimum atomic E-state index is -5.07. The van der Waals surface area contributed by atoms with Gasteiger partial charge in [-0.2, -0.15) is 0 Å². The van der Waals surface area contributed by atoms with E-state index >= 15 is 0 Å². The van der Waals surface area contributed by atoms with Crippen LogP contribution in [-0.4, -0.2) is 70.6 Å². The van der Waals surface area contributed by atoms with Gasteiger partial charge in [-0.25, -0.2) is 8.42 Å².